The summed E-state index contributed by atoms with van der Waals surface area (Å²) >= 11 is 0. The van der Waals surface area contributed by atoms with E-state index in [9.17, 15) is 9.90 Å². The Hall–Kier alpha value is -1.39. The first-order valence-corrected chi connectivity index (χ1v) is 6.71. The molecular weight excluding hydrogens is 240 g/mol. The Morgan fingerprint density at radius 2 is 2.05 bits per heavy atom. The number of aliphatic hydroxyl groups excluding tert-OH is 1. The van der Waals surface area contributed by atoms with E-state index in [-0.39, 0.29) is 5.91 Å². The minimum absolute atomic E-state index is 0.00434. The van der Waals surface area contributed by atoms with Crippen molar-refractivity contribution in [1.29, 1.82) is 0 Å². The van der Waals surface area contributed by atoms with Gasteiger partial charge in [-0.3, -0.25) is 4.79 Å². The lowest BCUT2D eigenvalue weighted by Gasteiger charge is -2.15. The summed E-state index contributed by atoms with van der Waals surface area (Å²) in [4.78, 5) is 10.7. The average molecular weight is 264 g/mol. The SMILES string of the molecule is CC(=O)NCCCNCC(O)c1ccc(C)cc1C. The second-order valence-corrected chi connectivity index (χ2v) is 4.92. The molecule has 0 bridgehead atoms. The van der Waals surface area contributed by atoms with E-state index < -0.39 is 6.10 Å². The molecule has 0 saturated carbocycles. The van der Waals surface area contributed by atoms with Crippen LogP contribution in [0.2, 0.25) is 0 Å². The van der Waals surface area contributed by atoms with Gasteiger partial charge in [0, 0.05) is 20.0 Å². The van der Waals surface area contributed by atoms with Crippen LogP contribution in [0.3, 0.4) is 0 Å². The molecule has 0 aromatic heterocycles. The molecule has 19 heavy (non-hydrogen) atoms. The van der Waals surface area contributed by atoms with Crippen LogP contribution in [0.5, 0.6) is 0 Å². The molecule has 0 aliphatic rings. The van der Waals surface area contributed by atoms with Gasteiger partial charge in [0.15, 0.2) is 0 Å². The number of aliphatic hydroxyl groups is 1. The van der Waals surface area contributed by atoms with Crippen molar-refractivity contribution in [2.24, 2.45) is 0 Å². The summed E-state index contributed by atoms with van der Waals surface area (Å²) in [5, 5.41) is 16.0. The molecule has 3 N–H and O–H groups in total. The Morgan fingerprint density at radius 3 is 2.68 bits per heavy atom. The number of hydrogen-bond donors (Lipinski definition) is 3. The second-order valence-electron chi connectivity index (χ2n) is 4.92. The quantitative estimate of drug-likeness (QED) is 0.653. The van der Waals surface area contributed by atoms with Crippen molar-refractivity contribution >= 4 is 5.91 Å². The number of rotatable bonds is 7. The van der Waals surface area contributed by atoms with E-state index in [0.717, 1.165) is 24.1 Å². The van der Waals surface area contributed by atoms with Crippen LogP contribution in [0, 0.1) is 13.8 Å². The van der Waals surface area contributed by atoms with Crippen LogP contribution in [-0.2, 0) is 4.79 Å². The Kier molecular flexibility index (Phi) is 6.53. The van der Waals surface area contributed by atoms with Crippen LogP contribution < -0.4 is 10.6 Å². The first kappa shape index (κ1) is 15.7. The zero-order chi connectivity index (χ0) is 14.3. The highest BCUT2D eigenvalue weighted by Crippen LogP contribution is 2.18. The van der Waals surface area contributed by atoms with Crippen molar-refractivity contribution < 1.29 is 9.90 Å². The van der Waals surface area contributed by atoms with E-state index in [2.05, 4.69) is 16.7 Å². The van der Waals surface area contributed by atoms with Gasteiger partial charge in [-0.15, -0.1) is 0 Å². The van der Waals surface area contributed by atoms with Gasteiger partial charge in [-0.25, -0.2) is 0 Å². The van der Waals surface area contributed by atoms with Crippen molar-refractivity contribution in [3.8, 4) is 0 Å². The molecule has 0 spiro atoms. The number of amides is 1. The number of aryl methyl sites for hydroxylation is 2. The summed E-state index contributed by atoms with van der Waals surface area (Å²) in [6.45, 7) is 7.55. The Morgan fingerprint density at radius 1 is 1.32 bits per heavy atom. The van der Waals surface area contributed by atoms with Crippen molar-refractivity contribution in [2.75, 3.05) is 19.6 Å². The molecule has 1 aromatic carbocycles. The van der Waals surface area contributed by atoms with Crippen LogP contribution in [0.4, 0.5) is 0 Å². The normalized spacial score (nSPS) is 12.2. The number of carbonyl (C=O) groups excluding carboxylic acids is 1. The van der Waals surface area contributed by atoms with Gasteiger partial charge < -0.3 is 15.7 Å². The maximum absolute atomic E-state index is 10.7. The minimum Gasteiger partial charge on any atom is -0.387 e. The topological polar surface area (TPSA) is 61.4 Å². The first-order valence-electron chi connectivity index (χ1n) is 6.71. The molecule has 0 saturated heterocycles. The molecule has 0 aliphatic heterocycles. The predicted molar refractivity (Wildman–Crippen MR) is 77.0 cm³/mol. The van der Waals surface area contributed by atoms with Gasteiger partial charge in [0.05, 0.1) is 6.10 Å². The van der Waals surface area contributed by atoms with Crippen molar-refractivity contribution in [1.82, 2.24) is 10.6 Å². The van der Waals surface area contributed by atoms with Crippen molar-refractivity contribution in [3.05, 3.63) is 34.9 Å². The van der Waals surface area contributed by atoms with Gasteiger partial charge in [0.1, 0.15) is 0 Å². The highest BCUT2D eigenvalue weighted by molar-refractivity contribution is 5.72. The van der Waals surface area contributed by atoms with Crippen molar-refractivity contribution in [3.63, 3.8) is 0 Å². The first-order chi connectivity index (χ1) is 9.00. The highest BCUT2D eigenvalue weighted by Gasteiger charge is 2.09. The standard InChI is InChI=1S/C15H24N2O2/c1-11-5-6-14(12(2)9-11)15(19)10-16-7-4-8-17-13(3)18/h5-6,9,15-16,19H,4,7-8,10H2,1-3H3,(H,17,18). The maximum Gasteiger partial charge on any atom is 0.216 e. The third kappa shape index (κ3) is 5.85. The van der Waals surface area contributed by atoms with E-state index in [4.69, 9.17) is 0 Å². The highest BCUT2D eigenvalue weighted by atomic mass is 16.3. The predicted octanol–water partition coefficient (Wildman–Crippen LogP) is 1.45. The molecule has 1 atom stereocenters. The third-order valence-corrected chi connectivity index (χ3v) is 3.03. The monoisotopic (exact) mass is 264 g/mol. The Bertz CT molecular complexity index is 419. The fraction of sp³-hybridized carbons (Fsp3) is 0.533. The number of hydrogen-bond acceptors (Lipinski definition) is 3. The zero-order valence-electron chi connectivity index (χ0n) is 12.0. The molecule has 0 aliphatic carbocycles. The molecule has 1 aromatic rings. The fourth-order valence-electron chi connectivity index (χ4n) is 2.03. The minimum atomic E-state index is -0.485. The van der Waals surface area contributed by atoms with E-state index in [0.29, 0.717) is 13.1 Å². The van der Waals surface area contributed by atoms with Gasteiger partial charge in [0.2, 0.25) is 5.91 Å². The van der Waals surface area contributed by atoms with Gasteiger partial charge in [-0.2, -0.15) is 0 Å². The molecule has 0 fully saturated rings. The Balaban J connectivity index is 2.27. The molecule has 1 amide bonds. The third-order valence-electron chi connectivity index (χ3n) is 3.03. The number of nitrogens with one attached hydrogen (secondary N) is 2. The summed E-state index contributed by atoms with van der Waals surface area (Å²) in [5.74, 6) is -0.00434. The van der Waals surface area contributed by atoms with Crippen LogP contribution in [0.15, 0.2) is 18.2 Å². The lowest BCUT2D eigenvalue weighted by Crippen LogP contribution is -2.27. The second kappa shape index (κ2) is 7.92. The lowest BCUT2D eigenvalue weighted by atomic mass is 10.0. The summed E-state index contributed by atoms with van der Waals surface area (Å²) < 4.78 is 0. The van der Waals surface area contributed by atoms with Gasteiger partial charge >= 0.3 is 0 Å². The lowest BCUT2D eigenvalue weighted by molar-refractivity contribution is -0.118. The van der Waals surface area contributed by atoms with Crippen LogP contribution in [0.1, 0.15) is 36.1 Å². The summed E-state index contributed by atoms with van der Waals surface area (Å²) in [7, 11) is 0. The van der Waals surface area contributed by atoms with Gasteiger partial charge in [0.25, 0.3) is 0 Å². The fourth-order valence-corrected chi connectivity index (χ4v) is 2.03. The smallest absolute Gasteiger partial charge is 0.216 e. The van der Waals surface area contributed by atoms with E-state index in [1.165, 1.54) is 12.5 Å². The van der Waals surface area contributed by atoms with Gasteiger partial charge in [-0.05, 0) is 37.9 Å². The molecular formula is C15H24N2O2. The summed E-state index contributed by atoms with van der Waals surface area (Å²) in [5.41, 5.74) is 3.30. The van der Waals surface area contributed by atoms with Gasteiger partial charge in [-0.1, -0.05) is 23.8 Å². The van der Waals surface area contributed by atoms with Crippen LogP contribution in [0.25, 0.3) is 0 Å². The summed E-state index contributed by atoms with van der Waals surface area (Å²) in [6.07, 6.45) is 0.375. The van der Waals surface area contributed by atoms with Crippen LogP contribution in [-0.4, -0.2) is 30.6 Å². The molecule has 106 valence electrons. The summed E-state index contributed by atoms with van der Waals surface area (Å²) in [6, 6.07) is 6.08. The van der Waals surface area contributed by atoms with Crippen molar-refractivity contribution in [2.45, 2.75) is 33.3 Å². The molecule has 4 nitrogen and oxygen atoms in total. The molecule has 0 heterocycles. The van der Waals surface area contributed by atoms with E-state index in [1.807, 2.05) is 26.0 Å². The average Bonchev–Trinajstić information content (AvgIpc) is 2.32. The molecule has 1 unspecified atom stereocenters. The maximum atomic E-state index is 10.7. The number of carbonyl (C=O) groups is 1. The zero-order valence-corrected chi connectivity index (χ0v) is 12.0. The number of benzene rings is 1. The van der Waals surface area contributed by atoms with E-state index in [1.54, 1.807) is 0 Å². The van der Waals surface area contributed by atoms with Crippen LogP contribution >= 0.6 is 0 Å². The molecule has 1 rings (SSSR count). The largest absolute Gasteiger partial charge is 0.387 e. The van der Waals surface area contributed by atoms with E-state index >= 15 is 0 Å². The Labute approximate surface area is 115 Å². The molecule has 0 radical (unpaired) electrons. The molecule has 4 heteroatoms.